The van der Waals surface area contributed by atoms with Crippen LogP contribution in [0.1, 0.15) is 29.3 Å². The van der Waals surface area contributed by atoms with E-state index in [2.05, 4.69) is 28.6 Å². The zero-order valence-electron chi connectivity index (χ0n) is 21.3. The summed E-state index contributed by atoms with van der Waals surface area (Å²) in [5.41, 5.74) is 4.73. The van der Waals surface area contributed by atoms with Crippen LogP contribution in [0, 0.1) is 0 Å². The van der Waals surface area contributed by atoms with Crippen LogP contribution in [0.25, 0.3) is 27.4 Å². The van der Waals surface area contributed by atoms with Crippen LogP contribution in [0.4, 0.5) is 0 Å². The average molecular weight is 577 g/mol. The Morgan fingerprint density at radius 3 is 2.56 bits per heavy atom. The first-order valence-electron chi connectivity index (χ1n) is 12.6. The Labute approximate surface area is 242 Å². The van der Waals surface area contributed by atoms with Gasteiger partial charge in [-0.05, 0) is 53.3 Å². The molecule has 5 nitrogen and oxygen atoms in total. The van der Waals surface area contributed by atoms with Gasteiger partial charge in [0.15, 0.2) is 0 Å². The van der Waals surface area contributed by atoms with Crippen molar-refractivity contribution in [3.05, 3.63) is 118 Å². The molecule has 1 amide bonds. The molecule has 1 N–H and O–H groups in total. The van der Waals surface area contributed by atoms with Gasteiger partial charge in [0.2, 0.25) is 0 Å². The van der Waals surface area contributed by atoms with Crippen molar-refractivity contribution in [3.63, 3.8) is 0 Å². The number of halogens is 2. The number of hydrogen-bond acceptors (Lipinski definition) is 4. The number of hydrogen-bond donors (Lipinski definition) is 1. The minimum atomic E-state index is -0.224. The van der Waals surface area contributed by atoms with Gasteiger partial charge in [-0.25, -0.2) is 4.68 Å². The summed E-state index contributed by atoms with van der Waals surface area (Å²) in [7, 11) is 0. The van der Waals surface area contributed by atoms with E-state index in [9.17, 15) is 4.79 Å². The van der Waals surface area contributed by atoms with E-state index >= 15 is 0 Å². The van der Waals surface area contributed by atoms with Crippen molar-refractivity contribution >= 4 is 40.4 Å². The number of carbonyl (C=O) groups is 1. The van der Waals surface area contributed by atoms with Crippen molar-refractivity contribution in [1.29, 1.82) is 0 Å². The van der Waals surface area contributed by atoms with Crippen molar-refractivity contribution in [2.75, 3.05) is 6.61 Å². The fourth-order valence-electron chi connectivity index (χ4n) is 4.31. The van der Waals surface area contributed by atoms with Gasteiger partial charge in [0.1, 0.15) is 0 Å². The van der Waals surface area contributed by atoms with Crippen LogP contribution in [0.2, 0.25) is 10.0 Å². The molecule has 8 heteroatoms. The van der Waals surface area contributed by atoms with Gasteiger partial charge in [-0.3, -0.25) is 4.79 Å². The minimum absolute atomic E-state index is 0.158. The van der Waals surface area contributed by atoms with E-state index in [1.54, 1.807) is 40.4 Å². The molecule has 3 aromatic carbocycles. The predicted octanol–water partition coefficient (Wildman–Crippen LogP) is 8.30. The van der Waals surface area contributed by atoms with Gasteiger partial charge >= 0.3 is 0 Å². The van der Waals surface area contributed by atoms with Gasteiger partial charge < -0.3 is 10.1 Å². The monoisotopic (exact) mass is 575 g/mol. The van der Waals surface area contributed by atoms with E-state index in [-0.39, 0.29) is 11.9 Å². The van der Waals surface area contributed by atoms with Crippen molar-refractivity contribution < 1.29 is 9.53 Å². The fourth-order valence-corrected chi connectivity index (χ4v) is 5.52. The fraction of sp³-hybridized carbons (Fsp3) is 0.161. The van der Waals surface area contributed by atoms with Gasteiger partial charge in [0, 0.05) is 15.5 Å². The molecule has 0 aliphatic rings. The highest BCUT2D eigenvalue weighted by molar-refractivity contribution is 7.13. The van der Waals surface area contributed by atoms with Crippen LogP contribution in [-0.2, 0) is 11.3 Å². The van der Waals surface area contributed by atoms with Crippen LogP contribution < -0.4 is 5.32 Å². The first-order valence-corrected chi connectivity index (χ1v) is 14.3. The maximum atomic E-state index is 13.7. The number of nitrogens with zero attached hydrogens (tertiary/aromatic N) is 2. The molecule has 1 unspecified atom stereocenters. The van der Waals surface area contributed by atoms with Crippen LogP contribution in [0.3, 0.4) is 0 Å². The quantitative estimate of drug-likeness (QED) is 0.182. The zero-order chi connectivity index (χ0) is 27.2. The molecule has 198 valence electrons. The largest absolute Gasteiger partial charge is 0.375 e. The molecule has 1 atom stereocenters. The summed E-state index contributed by atoms with van der Waals surface area (Å²) in [4.78, 5) is 14.8. The Kier molecular flexibility index (Phi) is 8.79. The molecule has 2 heterocycles. The topological polar surface area (TPSA) is 56.1 Å². The van der Waals surface area contributed by atoms with Crippen LogP contribution in [0.5, 0.6) is 0 Å². The number of amides is 1. The van der Waals surface area contributed by atoms with Crippen molar-refractivity contribution in [2.24, 2.45) is 0 Å². The second kappa shape index (κ2) is 12.6. The molecule has 0 bridgehead atoms. The number of aromatic nitrogens is 2. The summed E-state index contributed by atoms with van der Waals surface area (Å²) in [5.74, 6) is -0.224. The minimum Gasteiger partial charge on any atom is -0.375 e. The molecule has 0 radical (unpaired) electrons. The second-order valence-electron chi connectivity index (χ2n) is 9.05. The highest BCUT2D eigenvalue weighted by Crippen LogP contribution is 2.34. The number of rotatable bonds is 10. The third kappa shape index (κ3) is 6.43. The standard InChI is InChI=1S/C31H27Cl2N3O2S/c1-2-25(20-38-19-21-8-4-3-5-9-21)35-31(37)26-18-34-36(28-14-13-24(32)17-27(28)33)30(26)23-11-6-10-22(16-23)29-12-7-15-39-29/h3-18,25H,2,19-20H2,1H3,(H,35,37). The third-order valence-electron chi connectivity index (χ3n) is 6.35. The Morgan fingerprint density at radius 2 is 1.82 bits per heavy atom. The lowest BCUT2D eigenvalue weighted by Crippen LogP contribution is -2.37. The van der Waals surface area contributed by atoms with Crippen LogP contribution in [0.15, 0.2) is 96.5 Å². The molecule has 5 rings (SSSR count). The molecule has 39 heavy (non-hydrogen) atoms. The number of carbonyl (C=O) groups excluding carboxylic acids is 1. The van der Waals surface area contributed by atoms with Gasteiger partial charge in [-0.2, -0.15) is 5.10 Å². The molecule has 0 saturated carbocycles. The van der Waals surface area contributed by atoms with E-state index in [0.717, 1.165) is 28.0 Å². The Hall–Kier alpha value is -3.42. The van der Waals surface area contributed by atoms with Gasteiger partial charge in [0.05, 0.1) is 47.4 Å². The molecular formula is C31H27Cl2N3O2S. The summed E-state index contributed by atoms with van der Waals surface area (Å²) < 4.78 is 7.62. The molecule has 5 aromatic rings. The van der Waals surface area contributed by atoms with E-state index < -0.39 is 0 Å². The first-order chi connectivity index (χ1) is 19.0. The molecule has 0 saturated heterocycles. The molecule has 0 aliphatic carbocycles. The van der Waals surface area contributed by atoms with Gasteiger partial charge in [0.25, 0.3) is 5.91 Å². The average Bonchev–Trinajstić information content (AvgIpc) is 3.64. The third-order valence-corrected chi connectivity index (χ3v) is 7.81. The SMILES string of the molecule is CCC(COCc1ccccc1)NC(=O)c1cnn(-c2ccc(Cl)cc2Cl)c1-c1cccc(-c2cccs2)c1. The maximum absolute atomic E-state index is 13.7. The normalized spacial score (nSPS) is 11.9. The molecular weight excluding hydrogens is 549 g/mol. The molecule has 0 aliphatic heterocycles. The van der Waals surface area contributed by atoms with Crippen LogP contribution >= 0.6 is 34.5 Å². The smallest absolute Gasteiger partial charge is 0.255 e. The highest BCUT2D eigenvalue weighted by atomic mass is 35.5. The van der Waals surface area contributed by atoms with Crippen molar-refractivity contribution in [3.8, 4) is 27.4 Å². The maximum Gasteiger partial charge on any atom is 0.255 e. The first kappa shape index (κ1) is 27.2. The van der Waals surface area contributed by atoms with Crippen LogP contribution in [-0.4, -0.2) is 28.3 Å². The molecule has 0 fully saturated rings. The van der Waals surface area contributed by atoms with Gasteiger partial charge in [-0.15, -0.1) is 11.3 Å². The molecule has 0 spiro atoms. The summed E-state index contributed by atoms with van der Waals surface area (Å²) in [5, 5.41) is 10.8. The lowest BCUT2D eigenvalue weighted by Gasteiger charge is -2.18. The summed E-state index contributed by atoms with van der Waals surface area (Å²) in [6, 6.07) is 27.2. The Balaban J connectivity index is 1.46. The lowest BCUT2D eigenvalue weighted by atomic mass is 10.0. The Bertz CT molecular complexity index is 1550. The highest BCUT2D eigenvalue weighted by Gasteiger charge is 2.23. The van der Waals surface area contributed by atoms with Crippen molar-refractivity contribution in [1.82, 2.24) is 15.1 Å². The number of benzene rings is 3. The number of thiophene rings is 1. The van der Waals surface area contributed by atoms with E-state index in [1.165, 1.54) is 0 Å². The summed E-state index contributed by atoms with van der Waals surface area (Å²) in [6.07, 6.45) is 2.31. The lowest BCUT2D eigenvalue weighted by molar-refractivity contribution is 0.0792. The van der Waals surface area contributed by atoms with Gasteiger partial charge in [-0.1, -0.05) is 84.7 Å². The summed E-state index contributed by atoms with van der Waals surface area (Å²) >= 11 is 14.4. The summed E-state index contributed by atoms with van der Waals surface area (Å²) in [6.45, 7) is 2.91. The van der Waals surface area contributed by atoms with E-state index in [1.807, 2.05) is 60.8 Å². The number of nitrogens with one attached hydrogen (secondary N) is 1. The van der Waals surface area contributed by atoms with E-state index in [0.29, 0.717) is 40.2 Å². The second-order valence-corrected chi connectivity index (χ2v) is 10.8. The number of ether oxygens (including phenoxy) is 1. The molecule has 2 aromatic heterocycles. The Morgan fingerprint density at radius 1 is 1.00 bits per heavy atom. The predicted molar refractivity (Wildman–Crippen MR) is 160 cm³/mol. The van der Waals surface area contributed by atoms with E-state index in [4.69, 9.17) is 27.9 Å². The van der Waals surface area contributed by atoms with Crippen molar-refractivity contribution in [2.45, 2.75) is 26.0 Å². The zero-order valence-corrected chi connectivity index (χ0v) is 23.6.